The summed E-state index contributed by atoms with van der Waals surface area (Å²) in [5.41, 5.74) is 5.96. The molecule has 3 nitrogen and oxygen atoms in total. The Morgan fingerprint density at radius 3 is 2.44 bits per heavy atom. The summed E-state index contributed by atoms with van der Waals surface area (Å²) in [6, 6.07) is 4.56. The monoisotopic (exact) mass is 259 g/mol. The third-order valence-electron chi connectivity index (χ3n) is 3.02. The van der Waals surface area contributed by atoms with E-state index in [1.54, 1.807) is 6.07 Å². The van der Waals surface area contributed by atoms with Gasteiger partial charge >= 0.3 is 0 Å². The Bertz CT molecular complexity index is 493. The fraction of sp³-hybridized carbons (Fsp3) is 0.455. The van der Waals surface area contributed by atoms with Gasteiger partial charge in [-0.15, -0.1) is 0 Å². The van der Waals surface area contributed by atoms with Gasteiger partial charge < -0.3 is 5.73 Å². The minimum Gasteiger partial charge on any atom is -0.398 e. The van der Waals surface area contributed by atoms with Gasteiger partial charge in [-0.25, -0.2) is 8.42 Å². The molecule has 1 saturated carbocycles. The Labute approximate surface area is 101 Å². The molecule has 0 aliphatic heterocycles. The van der Waals surface area contributed by atoms with Crippen LogP contribution in [0.15, 0.2) is 23.1 Å². The van der Waals surface area contributed by atoms with Crippen LogP contribution in [0.5, 0.6) is 0 Å². The fourth-order valence-corrected chi connectivity index (χ4v) is 4.30. The number of nitrogen functional groups attached to an aromatic ring is 1. The zero-order valence-electron chi connectivity index (χ0n) is 8.82. The van der Waals surface area contributed by atoms with Gasteiger partial charge in [-0.1, -0.05) is 24.4 Å². The normalized spacial score (nSPS) is 17.8. The molecule has 1 aromatic rings. The summed E-state index contributed by atoms with van der Waals surface area (Å²) in [5, 5.41) is 0.193. The van der Waals surface area contributed by atoms with E-state index in [0.29, 0.717) is 5.02 Å². The van der Waals surface area contributed by atoms with Crippen LogP contribution in [-0.2, 0) is 9.84 Å². The highest BCUT2D eigenvalue weighted by molar-refractivity contribution is 7.92. The molecule has 16 heavy (non-hydrogen) atoms. The Kier molecular flexibility index (Phi) is 3.13. The third kappa shape index (κ3) is 2.04. The van der Waals surface area contributed by atoms with E-state index in [4.69, 9.17) is 17.3 Å². The molecule has 5 heteroatoms. The molecule has 0 saturated heterocycles. The van der Waals surface area contributed by atoms with Gasteiger partial charge in [0, 0.05) is 5.02 Å². The smallest absolute Gasteiger partial charge is 0.183 e. The summed E-state index contributed by atoms with van der Waals surface area (Å²) < 4.78 is 24.5. The third-order valence-corrected chi connectivity index (χ3v) is 5.59. The Morgan fingerprint density at radius 2 is 1.88 bits per heavy atom. The van der Waals surface area contributed by atoms with Crippen LogP contribution < -0.4 is 5.73 Å². The number of halogens is 1. The van der Waals surface area contributed by atoms with Crippen molar-refractivity contribution in [2.75, 3.05) is 5.73 Å². The summed E-state index contributed by atoms with van der Waals surface area (Å²) in [6.45, 7) is 0. The van der Waals surface area contributed by atoms with Gasteiger partial charge in [0.1, 0.15) is 0 Å². The first-order chi connectivity index (χ1) is 7.51. The van der Waals surface area contributed by atoms with Crippen LogP contribution >= 0.6 is 11.6 Å². The Hall–Kier alpha value is -0.740. The maximum atomic E-state index is 12.2. The molecule has 0 unspecified atom stereocenters. The summed E-state index contributed by atoms with van der Waals surface area (Å²) in [4.78, 5) is 0.226. The first-order valence-electron chi connectivity index (χ1n) is 5.31. The van der Waals surface area contributed by atoms with Crippen LogP contribution in [0.25, 0.3) is 0 Å². The van der Waals surface area contributed by atoms with Crippen molar-refractivity contribution < 1.29 is 8.42 Å². The molecule has 0 bridgehead atoms. The number of benzene rings is 1. The van der Waals surface area contributed by atoms with E-state index < -0.39 is 9.84 Å². The molecule has 88 valence electrons. The quantitative estimate of drug-likeness (QED) is 0.831. The maximum absolute atomic E-state index is 12.2. The number of hydrogen-bond acceptors (Lipinski definition) is 3. The lowest BCUT2D eigenvalue weighted by atomic mass is 10.3. The highest BCUT2D eigenvalue weighted by Crippen LogP contribution is 2.32. The maximum Gasteiger partial charge on any atom is 0.183 e. The summed E-state index contributed by atoms with van der Waals surface area (Å²) in [6.07, 6.45) is 3.45. The van der Waals surface area contributed by atoms with E-state index in [2.05, 4.69) is 0 Å². The molecule has 2 N–H and O–H groups in total. The largest absolute Gasteiger partial charge is 0.398 e. The average Bonchev–Trinajstić information content (AvgIpc) is 2.69. The SMILES string of the molecule is Nc1cc(Cl)ccc1S(=O)(=O)C1CCCC1. The van der Waals surface area contributed by atoms with Crippen molar-refractivity contribution >= 4 is 27.1 Å². The first-order valence-corrected chi connectivity index (χ1v) is 7.23. The molecular weight excluding hydrogens is 246 g/mol. The standard InChI is InChI=1S/C11H14ClNO2S/c12-8-5-6-11(10(13)7-8)16(14,15)9-3-1-2-4-9/h5-7,9H,1-4,13H2. The number of anilines is 1. The first kappa shape index (κ1) is 11.7. The Morgan fingerprint density at radius 1 is 1.25 bits per heavy atom. The van der Waals surface area contributed by atoms with Crippen LogP contribution in [-0.4, -0.2) is 13.7 Å². The topological polar surface area (TPSA) is 60.2 Å². The van der Waals surface area contributed by atoms with Gasteiger partial charge in [0.05, 0.1) is 15.8 Å². The van der Waals surface area contributed by atoms with Crippen molar-refractivity contribution in [1.82, 2.24) is 0 Å². The van der Waals surface area contributed by atoms with Crippen LogP contribution in [0.1, 0.15) is 25.7 Å². The molecule has 1 aliphatic rings. The second-order valence-electron chi connectivity index (χ2n) is 4.13. The van der Waals surface area contributed by atoms with Crippen molar-refractivity contribution in [3.63, 3.8) is 0 Å². The van der Waals surface area contributed by atoms with E-state index >= 15 is 0 Å². The summed E-state index contributed by atoms with van der Waals surface area (Å²) in [7, 11) is -3.27. The molecule has 1 aromatic carbocycles. The lowest BCUT2D eigenvalue weighted by molar-refractivity contribution is 0.580. The van der Waals surface area contributed by atoms with Crippen molar-refractivity contribution in [2.24, 2.45) is 0 Å². The van der Waals surface area contributed by atoms with E-state index in [0.717, 1.165) is 25.7 Å². The van der Waals surface area contributed by atoms with Gasteiger partial charge in [-0.05, 0) is 31.0 Å². The Balaban J connectivity index is 2.42. The molecule has 0 spiro atoms. The van der Waals surface area contributed by atoms with Gasteiger partial charge in [0.15, 0.2) is 9.84 Å². The number of nitrogens with two attached hydrogens (primary N) is 1. The zero-order chi connectivity index (χ0) is 11.8. The van der Waals surface area contributed by atoms with Gasteiger partial charge in [-0.3, -0.25) is 0 Å². The van der Waals surface area contributed by atoms with Crippen LogP contribution in [0.2, 0.25) is 5.02 Å². The van der Waals surface area contributed by atoms with E-state index in [9.17, 15) is 8.42 Å². The molecular formula is C11H14ClNO2S. The number of rotatable bonds is 2. The lowest BCUT2D eigenvalue weighted by Gasteiger charge is -2.13. The molecule has 0 amide bonds. The molecule has 2 rings (SSSR count). The van der Waals surface area contributed by atoms with Gasteiger partial charge in [0.2, 0.25) is 0 Å². The van der Waals surface area contributed by atoms with Crippen molar-refractivity contribution in [1.29, 1.82) is 0 Å². The van der Waals surface area contributed by atoms with E-state index in [-0.39, 0.29) is 15.8 Å². The number of sulfone groups is 1. The molecule has 1 fully saturated rings. The molecule has 0 aromatic heterocycles. The van der Waals surface area contributed by atoms with E-state index in [1.807, 2.05) is 0 Å². The van der Waals surface area contributed by atoms with Crippen LogP contribution in [0.3, 0.4) is 0 Å². The summed E-state index contributed by atoms with van der Waals surface area (Å²) in [5.74, 6) is 0. The van der Waals surface area contributed by atoms with Crippen LogP contribution in [0, 0.1) is 0 Å². The highest BCUT2D eigenvalue weighted by Gasteiger charge is 2.31. The minimum absolute atomic E-state index is 0.226. The van der Waals surface area contributed by atoms with Crippen molar-refractivity contribution in [2.45, 2.75) is 35.8 Å². The minimum atomic E-state index is -3.27. The van der Waals surface area contributed by atoms with Gasteiger partial charge in [-0.2, -0.15) is 0 Å². The molecule has 1 aliphatic carbocycles. The zero-order valence-corrected chi connectivity index (χ0v) is 10.4. The van der Waals surface area contributed by atoms with Gasteiger partial charge in [0.25, 0.3) is 0 Å². The second-order valence-corrected chi connectivity index (χ2v) is 6.77. The number of hydrogen-bond donors (Lipinski definition) is 1. The predicted molar refractivity (Wildman–Crippen MR) is 65.3 cm³/mol. The van der Waals surface area contributed by atoms with Crippen molar-refractivity contribution in [3.8, 4) is 0 Å². The lowest BCUT2D eigenvalue weighted by Crippen LogP contribution is -2.19. The average molecular weight is 260 g/mol. The van der Waals surface area contributed by atoms with Crippen molar-refractivity contribution in [3.05, 3.63) is 23.2 Å². The molecule has 0 heterocycles. The molecule has 0 atom stereocenters. The van der Waals surface area contributed by atoms with Crippen LogP contribution in [0.4, 0.5) is 5.69 Å². The van der Waals surface area contributed by atoms with E-state index in [1.165, 1.54) is 12.1 Å². The predicted octanol–water partition coefficient (Wildman–Crippen LogP) is 2.64. The fourth-order valence-electron chi connectivity index (χ4n) is 2.16. The summed E-state index contributed by atoms with van der Waals surface area (Å²) >= 11 is 5.75. The second kappa shape index (κ2) is 4.26. The molecule has 0 radical (unpaired) electrons. The highest BCUT2D eigenvalue weighted by atomic mass is 35.5.